The number of nitrogens with zero attached hydrogens (tertiary/aromatic N) is 1. The number of anilines is 1. The number of ether oxygens (including phenoxy) is 2. The molecule has 0 bridgehead atoms. The lowest BCUT2D eigenvalue weighted by Crippen LogP contribution is -2.62. The van der Waals surface area contributed by atoms with Crippen molar-refractivity contribution in [3.63, 3.8) is 0 Å². The first kappa shape index (κ1) is 17.2. The van der Waals surface area contributed by atoms with Crippen molar-refractivity contribution in [1.29, 1.82) is 0 Å². The van der Waals surface area contributed by atoms with Crippen LogP contribution < -0.4 is 20.1 Å². The van der Waals surface area contributed by atoms with Gasteiger partial charge in [-0.1, -0.05) is 11.6 Å². The van der Waals surface area contributed by atoms with Gasteiger partial charge in [0.1, 0.15) is 5.66 Å². The molecule has 3 aliphatic rings. The van der Waals surface area contributed by atoms with Crippen LogP contribution in [0.1, 0.15) is 33.6 Å². The number of carbonyl (C=O) groups is 2. The molecule has 1 fully saturated rings. The molecule has 144 valence electrons. The topological polar surface area (TPSA) is 79.9 Å². The zero-order chi connectivity index (χ0) is 19.3. The highest BCUT2D eigenvalue weighted by atomic mass is 35.5. The van der Waals surface area contributed by atoms with Crippen molar-refractivity contribution in [3.8, 4) is 11.5 Å². The molecule has 1 spiro atoms. The van der Waals surface area contributed by atoms with Crippen molar-refractivity contribution in [2.75, 3.05) is 25.2 Å². The normalized spacial score (nSPS) is 19.0. The second-order valence-corrected chi connectivity index (χ2v) is 7.65. The van der Waals surface area contributed by atoms with Crippen LogP contribution in [-0.4, -0.2) is 42.3 Å². The Hall–Kier alpha value is -2.93. The molecule has 8 heteroatoms. The molecule has 7 nitrogen and oxygen atoms in total. The molecule has 1 saturated heterocycles. The standard InChI is InChI=1S/C20H18ClN3O4/c21-13-2-3-15-14(10-13)18(25)23-20(22-15)5-7-24(8-6-20)19(26)12-1-4-16-17(9-12)28-11-27-16/h1-4,9-10,22H,5-8,11H2,(H,23,25). The first-order chi connectivity index (χ1) is 13.5. The number of likely N-dealkylation sites (tertiary alicyclic amines) is 1. The van der Waals surface area contributed by atoms with Gasteiger partial charge in [0.05, 0.1) is 5.56 Å². The number of piperidine rings is 1. The van der Waals surface area contributed by atoms with Crippen LogP contribution in [0, 0.1) is 0 Å². The summed E-state index contributed by atoms with van der Waals surface area (Å²) in [6.07, 6.45) is 1.22. The zero-order valence-electron chi connectivity index (χ0n) is 15.0. The Morgan fingerprint density at radius 2 is 1.82 bits per heavy atom. The minimum atomic E-state index is -0.552. The summed E-state index contributed by atoms with van der Waals surface area (Å²) in [6, 6.07) is 10.5. The zero-order valence-corrected chi connectivity index (χ0v) is 15.7. The number of fused-ring (bicyclic) bond motifs is 2. The van der Waals surface area contributed by atoms with Gasteiger partial charge < -0.3 is 25.0 Å². The van der Waals surface area contributed by atoms with Crippen LogP contribution in [0.15, 0.2) is 36.4 Å². The molecule has 0 aliphatic carbocycles. The third kappa shape index (κ3) is 2.82. The number of hydrogen-bond donors (Lipinski definition) is 2. The van der Waals surface area contributed by atoms with E-state index in [9.17, 15) is 9.59 Å². The van der Waals surface area contributed by atoms with E-state index in [4.69, 9.17) is 21.1 Å². The van der Waals surface area contributed by atoms with Crippen LogP contribution >= 0.6 is 11.6 Å². The molecule has 3 aliphatic heterocycles. The highest BCUT2D eigenvalue weighted by molar-refractivity contribution is 6.31. The minimum Gasteiger partial charge on any atom is -0.454 e. The Kier molecular flexibility index (Phi) is 3.87. The average molecular weight is 400 g/mol. The van der Waals surface area contributed by atoms with Crippen LogP contribution in [0.5, 0.6) is 11.5 Å². The van der Waals surface area contributed by atoms with Crippen molar-refractivity contribution < 1.29 is 19.1 Å². The number of carbonyl (C=O) groups excluding carboxylic acids is 2. The molecule has 0 radical (unpaired) electrons. The fourth-order valence-corrected chi connectivity index (χ4v) is 4.11. The monoisotopic (exact) mass is 399 g/mol. The maximum absolute atomic E-state index is 12.9. The molecule has 2 N–H and O–H groups in total. The van der Waals surface area contributed by atoms with Crippen LogP contribution in [0.2, 0.25) is 5.02 Å². The highest BCUT2D eigenvalue weighted by Gasteiger charge is 2.41. The van der Waals surface area contributed by atoms with Crippen LogP contribution in [0.25, 0.3) is 0 Å². The molecule has 2 amide bonds. The van der Waals surface area contributed by atoms with E-state index in [1.807, 2.05) is 6.07 Å². The molecule has 5 rings (SSSR count). The van der Waals surface area contributed by atoms with E-state index in [-0.39, 0.29) is 18.6 Å². The Morgan fingerprint density at radius 3 is 2.64 bits per heavy atom. The molecule has 0 unspecified atom stereocenters. The summed E-state index contributed by atoms with van der Waals surface area (Å²) in [5.74, 6) is 1.05. The van der Waals surface area contributed by atoms with Crippen LogP contribution in [-0.2, 0) is 0 Å². The fourth-order valence-electron chi connectivity index (χ4n) is 3.94. The number of halogens is 1. The lowest BCUT2D eigenvalue weighted by molar-refractivity contribution is 0.0639. The summed E-state index contributed by atoms with van der Waals surface area (Å²) in [6.45, 7) is 1.24. The van der Waals surface area contributed by atoms with Gasteiger partial charge in [0.15, 0.2) is 11.5 Å². The van der Waals surface area contributed by atoms with E-state index in [0.29, 0.717) is 53.6 Å². The summed E-state index contributed by atoms with van der Waals surface area (Å²) in [7, 11) is 0. The number of nitrogens with one attached hydrogen (secondary N) is 2. The number of amides is 2. The summed E-state index contributed by atoms with van der Waals surface area (Å²) in [5, 5.41) is 7.03. The van der Waals surface area contributed by atoms with Gasteiger partial charge in [-0.25, -0.2) is 0 Å². The van der Waals surface area contributed by atoms with E-state index < -0.39 is 5.66 Å². The van der Waals surface area contributed by atoms with Crippen LogP contribution in [0.4, 0.5) is 5.69 Å². The largest absolute Gasteiger partial charge is 0.454 e. The third-order valence-electron chi connectivity index (χ3n) is 5.48. The SMILES string of the molecule is O=C1NC2(CCN(C(=O)c3ccc4c(c3)OCO4)CC2)Nc2ccc(Cl)cc21. The number of benzene rings is 2. The molecule has 0 aromatic heterocycles. The van der Waals surface area contributed by atoms with Gasteiger partial charge in [0, 0.05) is 42.2 Å². The number of rotatable bonds is 1. The third-order valence-corrected chi connectivity index (χ3v) is 5.71. The molecule has 0 atom stereocenters. The van der Waals surface area contributed by atoms with Gasteiger partial charge in [-0.15, -0.1) is 0 Å². The molecule has 0 saturated carbocycles. The summed E-state index contributed by atoms with van der Waals surface area (Å²) < 4.78 is 10.7. The first-order valence-corrected chi connectivity index (χ1v) is 9.50. The molecule has 2 aromatic rings. The van der Waals surface area contributed by atoms with Gasteiger partial charge in [0.2, 0.25) is 6.79 Å². The molecule has 3 heterocycles. The van der Waals surface area contributed by atoms with Gasteiger partial charge in [-0.05, 0) is 36.4 Å². The summed E-state index contributed by atoms with van der Waals surface area (Å²) in [4.78, 5) is 27.2. The van der Waals surface area contributed by atoms with E-state index in [1.165, 1.54) is 0 Å². The average Bonchev–Trinajstić information content (AvgIpc) is 3.17. The minimum absolute atomic E-state index is 0.0533. The molecule has 28 heavy (non-hydrogen) atoms. The highest BCUT2D eigenvalue weighted by Crippen LogP contribution is 2.35. The lowest BCUT2D eigenvalue weighted by atomic mass is 9.92. The van der Waals surface area contributed by atoms with Crippen molar-refractivity contribution in [1.82, 2.24) is 10.2 Å². The van der Waals surface area contributed by atoms with E-state index >= 15 is 0 Å². The van der Waals surface area contributed by atoms with Gasteiger partial charge in [-0.3, -0.25) is 9.59 Å². The van der Waals surface area contributed by atoms with Gasteiger partial charge in [0.25, 0.3) is 11.8 Å². The van der Waals surface area contributed by atoms with Crippen molar-refractivity contribution in [3.05, 3.63) is 52.5 Å². The van der Waals surface area contributed by atoms with Crippen LogP contribution in [0.3, 0.4) is 0 Å². The molecular weight excluding hydrogens is 382 g/mol. The molecular formula is C20H18ClN3O4. The lowest BCUT2D eigenvalue weighted by Gasteiger charge is -2.45. The second-order valence-electron chi connectivity index (χ2n) is 7.21. The van der Waals surface area contributed by atoms with E-state index in [0.717, 1.165) is 5.69 Å². The summed E-state index contributed by atoms with van der Waals surface area (Å²) >= 11 is 6.00. The Bertz CT molecular complexity index is 985. The van der Waals surface area contributed by atoms with Crippen molar-refractivity contribution >= 4 is 29.1 Å². The Balaban J connectivity index is 1.30. The smallest absolute Gasteiger partial charge is 0.255 e. The van der Waals surface area contributed by atoms with E-state index in [2.05, 4.69) is 10.6 Å². The van der Waals surface area contributed by atoms with E-state index in [1.54, 1.807) is 35.2 Å². The maximum atomic E-state index is 12.9. The number of hydrogen-bond acceptors (Lipinski definition) is 5. The molecule has 2 aromatic carbocycles. The predicted octanol–water partition coefficient (Wildman–Crippen LogP) is 2.86. The van der Waals surface area contributed by atoms with Gasteiger partial charge >= 0.3 is 0 Å². The summed E-state index contributed by atoms with van der Waals surface area (Å²) in [5.41, 5.74) is 1.32. The van der Waals surface area contributed by atoms with Gasteiger partial charge in [-0.2, -0.15) is 0 Å². The fraction of sp³-hybridized carbons (Fsp3) is 0.300. The quantitative estimate of drug-likeness (QED) is 0.770. The first-order valence-electron chi connectivity index (χ1n) is 9.12. The van der Waals surface area contributed by atoms with Crippen molar-refractivity contribution in [2.24, 2.45) is 0 Å². The Labute approximate surface area is 166 Å². The van der Waals surface area contributed by atoms with Crippen molar-refractivity contribution in [2.45, 2.75) is 18.5 Å². The Morgan fingerprint density at radius 1 is 1.04 bits per heavy atom. The predicted molar refractivity (Wildman–Crippen MR) is 103 cm³/mol. The maximum Gasteiger partial charge on any atom is 0.255 e. The second kappa shape index (κ2) is 6.31.